The van der Waals surface area contributed by atoms with Crippen LogP contribution in [0.25, 0.3) is 10.9 Å². The fourth-order valence-corrected chi connectivity index (χ4v) is 4.73. The second-order valence-corrected chi connectivity index (χ2v) is 9.10. The summed E-state index contributed by atoms with van der Waals surface area (Å²) in [5.74, 6) is 0.451. The average molecular weight is 495 g/mol. The standard InChI is InChI=1S/C30H30N4O3/c1-37-24-13-11-22(12-14-24)28-19-27(21-7-3-2-4-8-21)33-34(28)30(36)16-15-29(35)31-18-17-23-20-32-26-10-6-5-9-25(23)26/h2-14,20,28,32H,15-19H2,1H3,(H,31,35). The maximum atomic E-state index is 13.3. The first-order valence-electron chi connectivity index (χ1n) is 12.5. The first-order chi connectivity index (χ1) is 18.1. The molecule has 0 spiro atoms. The molecular weight excluding hydrogens is 464 g/mol. The van der Waals surface area contributed by atoms with E-state index in [2.05, 4.69) is 16.4 Å². The van der Waals surface area contributed by atoms with Crippen molar-refractivity contribution in [1.29, 1.82) is 0 Å². The molecule has 0 radical (unpaired) electrons. The molecule has 0 fully saturated rings. The van der Waals surface area contributed by atoms with Gasteiger partial charge in [-0.1, -0.05) is 60.7 Å². The summed E-state index contributed by atoms with van der Waals surface area (Å²) < 4.78 is 5.28. The number of hydrogen-bond donors (Lipinski definition) is 2. The van der Waals surface area contributed by atoms with Gasteiger partial charge in [0.1, 0.15) is 5.75 Å². The normalized spacial score (nSPS) is 15.0. The van der Waals surface area contributed by atoms with Crippen LogP contribution in [0.15, 0.2) is 90.2 Å². The Morgan fingerprint density at radius 1 is 1.00 bits per heavy atom. The number of nitrogens with zero attached hydrogens (tertiary/aromatic N) is 2. The van der Waals surface area contributed by atoms with E-state index in [9.17, 15) is 9.59 Å². The summed E-state index contributed by atoms with van der Waals surface area (Å²) in [7, 11) is 1.63. The lowest BCUT2D eigenvalue weighted by molar-refractivity contribution is -0.135. The number of hydrogen-bond acceptors (Lipinski definition) is 4. The van der Waals surface area contributed by atoms with Crippen LogP contribution in [0.1, 0.15) is 42.0 Å². The first kappa shape index (κ1) is 24.3. The van der Waals surface area contributed by atoms with Gasteiger partial charge >= 0.3 is 0 Å². The second kappa shape index (κ2) is 11.1. The zero-order valence-electron chi connectivity index (χ0n) is 20.8. The number of H-pyrrole nitrogens is 1. The lowest BCUT2D eigenvalue weighted by Gasteiger charge is -2.22. The van der Waals surface area contributed by atoms with Crippen molar-refractivity contribution < 1.29 is 14.3 Å². The molecule has 1 atom stereocenters. The van der Waals surface area contributed by atoms with Crippen LogP contribution < -0.4 is 10.1 Å². The number of rotatable bonds is 9. The van der Waals surface area contributed by atoms with E-state index in [1.54, 1.807) is 12.1 Å². The zero-order chi connectivity index (χ0) is 25.6. The third-order valence-corrected chi connectivity index (χ3v) is 6.73. The molecule has 0 saturated heterocycles. The quantitative estimate of drug-likeness (QED) is 0.344. The van der Waals surface area contributed by atoms with E-state index in [1.165, 1.54) is 0 Å². The Morgan fingerprint density at radius 2 is 1.76 bits per heavy atom. The van der Waals surface area contributed by atoms with Crippen LogP contribution in [0.5, 0.6) is 5.75 Å². The summed E-state index contributed by atoms with van der Waals surface area (Å²) in [4.78, 5) is 29.0. The minimum absolute atomic E-state index is 0.0944. The van der Waals surface area contributed by atoms with Gasteiger partial charge in [-0.3, -0.25) is 9.59 Å². The molecule has 2 heterocycles. The predicted molar refractivity (Wildman–Crippen MR) is 144 cm³/mol. The molecule has 1 aliphatic heterocycles. The fraction of sp³-hybridized carbons (Fsp3) is 0.233. The molecular formula is C30H30N4O3. The molecule has 37 heavy (non-hydrogen) atoms. The zero-order valence-corrected chi connectivity index (χ0v) is 20.8. The number of aromatic amines is 1. The maximum absolute atomic E-state index is 13.3. The minimum atomic E-state index is -0.224. The third-order valence-electron chi connectivity index (χ3n) is 6.73. The molecule has 2 amide bonds. The Hall–Kier alpha value is -4.39. The second-order valence-electron chi connectivity index (χ2n) is 9.10. The van der Waals surface area contributed by atoms with Crippen molar-refractivity contribution >= 4 is 28.4 Å². The minimum Gasteiger partial charge on any atom is -0.497 e. The van der Waals surface area contributed by atoms with Crippen LogP contribution in [0.4, 0.5) is 0 Å². The number of carbonyl (C=O) groups excluding carboxylic acids is 2. The SMILES string of the molecule is COc1ccc(C2CC(c3ccccc3)=NN2C(=O)CCC(=O)NCCc2c[nH]c3ccccc23)cc1. The highest BCUT2D eigenvalue weighted by Crippen LogP contribution is 2.34. The molecule has 5 rings (SSSR count). The number of aromatic nitrogens is 1. The molecule has 4 aromatic rings. The van der Waals surface area contributed by atoms with Crippen LogP contribution in [-0.2, 0) is 16.0 Å². The van der Waals surface area contributed by atoms with Crippen LogP contribution in [0.3, 0.4) is 0 Å². The van der Waals surface area contributed by atoms with Gasteiger partial charge in [0.2, 0.25) is 11.8 Å². The number of fused-ring (bicyclic) bond motifs is 1. The highest BCUT2D eigenvalue weighted by Gasteiger charge is 2.33. The van der Waals surface area contributed by atoms with Gasteiger partial charge in [0.15, 0.2) is 0 Å². The van der Waals surface area contributed by atoms with E-state index in [0.717, 1.165) is 45.5 Å². The molecule has 0 saturated carbocycles. The number of carbonyl (C=O) groups is 2. The van der Waals surface area contributed by atoms with Gasteiger partial charge in [-0.05, 0) is 41.3 Å². The molecule has 7 nitrogen and oxygen atoms in total. The lowest BCUT2D eigenvalue weighted by Crippen LogP contribution is -2.30. The van der Waals surface area contributed by atoms with E-state index in [1.807, 2.05) is 79.0 Å². The van der Waals surface area contributed by atoms with Crippen molar-refractivity contribution in [1.82, 2.24) is 15.3 Å². The van der Waals surface area contributed by atoms with Crippen molar-refractivity contribution in [3.05, 3.63) is 102 Å². The lowest BCUT2D eigenvalue weighted by atomic mass is 9.98. The van der Waals surface area contributed by atoms with Crippen molar-refractivity contribution in [3.8, 4) is 5.75 Å². The number of methoxy groups -OCH3 is 1. The van der Waals surface area contributed by atoms with Gasteiger partial charge in [0, 0.05) is 42.9 Å². The predicted octanol–water partition coefficient (Wildman–Crippen LogP) is 4.99. The Kier molecular flexibility index (Phi) is 7.31. The number of benzene rings is 3. The summed E-state index contributed by atoms with van der Waals surface area (Å²) >= 11 is 0. The Labute approximate surface area is 216 Å². The molecule has 2 N–H and O–H groups in total. The number of hydrazone groups is 1. The van der Waals surface area contributed by atoms with Gasteiger partial charge in [0.25, 0.3) is 0 Å². The largest absolute Gasteiger partial charge is 0.497 e. The first-order valence-corrected chi connectivity index (χ1v) is 12.5. The summed E-state index contributed by atoms with van der Waals surface area (Å²) in [5, 5.41) is 10.4. The molecule has 3 aromatic carbocycles. The third kappa shape index (κ3) is 5.56. The van der Waals surface area contributed by atoms with E-state index < -0.39 is 0 Å². The smallest absolute Gasteiger partial charge is 0.243 e. The van der Waals surface area contributed by atoms with Gasteiger partial charge < -0.3 is 15.0 Å². The summed E-state index contributed by atoms with van der Waals surface area (Å²) in [6, 6.07) is 25.5. The Balaban J connectivity index is 1.21. The highest BCUT2D eigenvalue weighted by atomic mass is 16.5. The monoisotopic (exact) mass is 494 g/mol. The van der Waals surface area contributed by atoms with Gasteiger partial charge in [-0.25, -0.2) is 5.01 Å². The topological polar surface area (TPSA) is 86.8 Å². The van der Waals surface area contributed by atoms with E-state index in [-0.39, 0.29) is 30.7 Å². The van der Waals surface area contributed by atoms with Gasteiger partial charge in [0.05, 0.1) is 18.9 Å². The number of nitrogens with one attached hydrogen (secondary N) is 2. The van der Waals surface area contributed by atoms with Gasteiger partial charge in [-0.15, -0.1) is 0 Å². The van der Waals surface area contributed by atoms with Gasteiger partial charge in [-0.2, -0.15) is 5.10 Å². The van der Waals surface area contributed by atoms with Crippen molar-refractivity contribution in [3.63, 3.8) is 0 Å². The average Bonchev–Trinajstić information content (AvgIpc) is 3.58. The molecule has 0 aliphatic carbocycles. The molecule has 1 aliphatic rings. The molecule has 188 valence electrons. The molecule has 7 heteroatoms. The van der Waals surface area contributed by atoms with Crippen LogP contribution >= 0.6 is 0 Å². The maximum Gasteiger partial charge on any atom is 0.243 e. The highest BCUT2D eigenvalue weighted by molar-refractivity contribution is 6.03. The van der Waals surface area contributed by atoms with E-state index >= 15 is 0 Å². The van der Waals surface area contributed by atoms with Crippen molar-refractivity contribution in [2.75, 3.05) is 13.7 Å². The summed E-state index contributed by atoms with van der Waals surface area (Å²) in [6.07, 6.45) is 3.53. The Morgan fingerprint density at radius 3 is 2.54 bits per heavy atom. The van der Waals surface area contributed by atoms with Crippen LogP contribution in [0, 0.1) is 0 Å². The molecule has 1 unspecified atom stereocenters. The summed E-state index contributed by atoms with van der Waals surface area (Å²) in [6.45, 7) is 0.517. The number of para-hydroxylation sites is 1. The number of ether oxygens (including phenoxy) is 1. The van der Waals surface area contributed by atoms with E-state index in [0.29, 0.717) is 13.0 Å². The summed E-state index contributed by atoms with van der Waals surface area (Å²) in [5.41, 5.74) is 5.08. The Bertz CT molecular complexity index is 1410. The van der Waals surface area contributed by atoms with Crippen molar-refractivity contribution in [2.45, 2.75) is 31.7 Å². The molecule has 0 bridgehead atoms. The van der Waals surface area contributed by atoms with Crippen LogP contribution in [-0.4, -0.2) is 41.2 Å². The molecule has 1 aromatic heterocycles. The van der Waals surface area contributed by atoms with Crippen LogP contribution in [0.2, 0.25) is 0 Å². The fourth-order valence-electron chi connectivity index (χ4n) is 4.73. The van der Waals surface area contributed by atoms with Crippen molar-refractivity contribution in [2.24, 2.45) is 5.10 Å². The van der Waals surface area contributed by atoms with E-state index in [4.69, 9.17) is 9.84 Å². The number of amides is 2.